The van der Waals surface area contributed by atoms with Gasteiger partial charge in [-0.15, -0.1) is 0 Å². The highest BCUT2D eigenvalue weighted by molar-refractivity contribution is 5.76. The molecule has 7 nitrogen and oxygen atoms in total. The van der Waals surface area contributed by atoms with Gasteiger partial charge in [0.25, 0.3) is 0 Å². The summed E-state index contributed by atoms with van der Waals surface area (Å²) in [5, 5.41) is 16.5. The summed E-state index contributed by atoms with van der Waals surface area (Å²) in [6.45, 7) is 5.03. The number of carbonyl (C=O) groups is 1. The fraction of sp³-hybridized carbons (Fsp3) is 0.392. The summed E-state index contributed by atoms with van der Waals surface area (Å²) in [6.07, 6.45) is 6.59. The van der Waals surface area contributed by atoms with E-state index in [1.54, 1.807) is 0 Å². The van der Waals surface area contributed by atoms with Crippen LogP contribution in [0.25, 0.3) is 11.1 Å². The quantitative estimate of drug-likeness (QED) is 0.111. The molecule has 4 bridgehead atoms. The molecule has 0 aromatic heterocycles. The first-order chi connectivity index (χ1) is 28.4. The van der Waals surface area contributed by atoms with Crippen LogP contribution in [0.2, 0.25) is 0 Å². The smallest absolute Gasteiger partial charge is 0.315 e. The second-order valence-electron chi connectivity index (χ2n) is 17.7. The van der Waals surface area contributed by atoms with Crippen LogP contribution in [0.1, 0.15) is 91.2 Å². The molecule has 4 atom stereocenters. The minimum atomic E-state index is -0.571. The fourth-order valence-electron chi connectivity index (χ4n) is 11.0. The van der Waals surface area contributed by atoms with E-state index in [9.17, 15) is 9.90 Å². The van der Waals surface area contributed by atoms with Crippen LogP contribution in [-0.2, 0) is 35.7 Å². The standard InChI is InChI=1S/C51H57N3O4/c1-35-47(33-54(31-36-10-4-2-5-11-36)32-37-12-6-3-7-13-37)57-49(58-48(35)43-18-16-38(34-55)17-19-43)44-22-20-42(21-23-44)46-15-9-8-14-45(46)30-52-50(56)53-51-27-39-24-40(28-51)26-41(25-39)29-51/h2-23,35,39-41,47-49,55H,24-34H2,1H3,(H2,52,53,56)/t35-,39?,40?,41?,47+,48+,49+,51?/m1/s1. The zero-order valence-electron chi connectivity index (χ0n) is 33.6. The molecule has 1 aliphatic heterocycles. The molecule has 7 heteroatoms. The molecule has 0 unspecified atom stereocenters. The van der Waals surface area contributed by atoms with Crippen molar-refractivity contribution in [3.63, 3.8) is 0 Å². The van der Waals surface area contributed by atoms with E-state index in [-0.39, 0.29) is 36.3 Å². The van der Waals surface area contributed by atoms with Gasteiger partial charge in [0.05, 0.1) is 18.8 Å². The van der Waals surface area contributed by atoms with Gasteiger partial charge in [-0.2, -0.15) is 0 Å². The molecule has 3 N–H and O–H groups in total. The molecular formula is C51H57N3O4. The normalized spacial score (nSPS) is 27.4. The number of nitrogens with zero attached hydrogens (tertiary/aromatic N) is 1. The molecule has 4 aliphatic carbocycles. The lowest BCUT2D eigenvalue weighted by Gasteiger charge is -2.56. The molecule has 5 fully saturated rings. The van der Waals surface area contributed by atoms with E-state index in [2.05, 4.69) is 138 Å². The van der Waals surface area contributed by atoms with Crippen molar-refractivity contribution in [2.24, 2.45) is 23.7 Å². The first-order valence-corrected chi connectivity index (χ1v) is 21.4. The molecule has 1 heterocycles. The van der Waals surface area contributed by atoms with Gasteiger partial charge in [0, 0.05) is 43.2 Å². The van der Waals surface area contributed by atoms with E-state index >= 15 is 0 Å². The van der Waals surface area contributed by atoms with Crippen molar-refractivity contribution in [1.29, 1.82) is 0 Å². The number of nitrogens with one attached hydrogen (secondary N) is 2. The molecule has 2 amide bonds. The van der Waals surface area contributed by atoms with Crippen LogP contribution in [0.3, 0.4) is 0 Å². The molecule has 300 valence electrons. The third-order valence-corrected chi connectivity index (χ3v) is 13.4. The summed E-state index contributed by atoms with van der Waals surface area (Å²) in [4.78, 5) is 15.8. The summed E-state index contributed by atoms with van der Waals surface area (Å²) in [5.41, 5.74) is 8.68. The number of hydrogen-bond acceptors (Lipinski definition) is 5. The maximum Gasteiger partial charge on any atom is 0.315 e. The van der Waals surface area contributed by atoms with Crippen LogP contribution in [0.5, 0.6) is 0 Å². The zero-order chi connectivity index (χ0) is 39.5. The molecule has 0 spiro atoms. The van der Waals surface area contributed by atoms with E-state index in [1.165, 1.54) is 30.4 Å². The Bertz CT molecular complexity index is 2050. The summed E-state index contributed by atoms with van der Waals surface area (Å²) in [5.74, 6) is 2.41. The predicted octanol–water partition coefficient (Wildman–Crippen LogP) is 10.1. The second-order valence-corrected chi connectivity index (χ2v) is 17.7. The van der Waals surface area contributed by atoms with Crippen molar-refractivity contribution in [3.8, 4) is 11.1 Å². The van der Waals surface area contributed by atoms with Gasteiger partial charge in [-0.1, -0.05) is 140 Å². The van der Waals surface area contributed by atoms with E-state index in [1.807, 2.05) is 18.2 Å². The van der Waals surface area contributed by atoms with E-state index in [0.29, 0.717) is 6.54 Å². The Hall–Kier alpha value is -4.79. The number of hydrogen-bond donors (Lipinski definition) is 3. The topological polar surface area (TPSA) is 83.1 Å². The van der Waals surface area contributed by atoms with E-state index in [4.69, 9.17) is 9.47 Å². The van der Waals surface area contributed by atoms with Crippen molar-refractivity contribution in [2.75, 3.05) is 6.54 Å². The van der Waals surface area contributed by atoms with Crippen molar-refractivity contribution in [2.45, 2.75) is 95.7 Å². The second kappa shape index (κ2) is 17.2. The lowest BCUT2D eigenvalue weighted by atomic mass is 9.53. The molecule has 0 radical (unpaired) electrons. The van der Waals surface area contributed by atoms with Gasteiger partial charge in [0.2, 0.25) is 0 Å². The van der Waals surface area contributed by atoms with Crippen molar-refractivity contribution in [1.82, 2.24) is 15.5 Å². The van der Waals surface area contributed by atoms with Crippen molar-refractivity contribution < 1.29 is 19.4 Å². The largest absolute Gasteiger partial charge is 0.392 e. The van der Waals surface area contributed by atoms with Gasteiger partial charge in [-0.25, -0.2) is 4.79 Å². The Kier molecular flexibility index (Phi) is 11.5. The Labute approximate surface area is 343 Å². The third kappa shape index (κ3) is 8.79. The molecule has 4 saturated carbocycles. The maximum atomic E-state index is 13.4. The molecule has 5 aliphatic rings. The highest BCUT2D eigenvalue weighted by atomic mass is 16.7. The van der Waals surface area contributed by atoms with Crippen LogP contribution in [-0.4, -0.2) is 34.2 Å². The van der Waals surface area contributed by atoms with Gasteiger partial charge in [0.15, 0.2) is 6.29 Å². The average molecular weight is 776 g/mol. The number of benzene rings is 5. The highest BCUT2D eigenvalue weighted by Gasteiger charge is 2.51. The molecule has 10 rings (SSSR count). The van der Waals surface area contributed by atoms with E-state index < -0.39 is 6.29 Å². The Balaban J connectivity index is 0.925. The molecule has 58 heavy (non-hydrogen) atoms. The highest BCUT2D eigenvalue weighted by Crippen LogP contribution is 2.55. The summed E-state index contributed by atoms with van der Waals surface area (Å²) in [6, 6.07) is 46.2. The van der Waals surface area contributed by atoms with Crippen LogP contribution in [0.15, 0.2) is 133 Å². The first-order valence-electron chi connectivity index (χ1n) is 21.4. The Morgan fingerprint density at radius 1 is 0.690 bits per heavy atom. The maximum absolute atomic E-state index is 13.4. The van der Waals surface area contributed by atoms with Gasteiger partial charge < -0.3 is 25.2 Å². The van der Waals surface area contributed by atoms with Crippen LogP contribution < -0.4 is 10.6 Å². The van der Waals surface area contributed by atoms with Gasteiger partial charge >= 0.3 is 6.03 Å². The zero-order valence-corrected chi connectivity index (χ0v) is 33.6. The minimum absolute atomic E-state index is 0.00419. The summed E-state index contributed by atoms with van der Waals surface area (Å²) >= 11 is 0. The lowest BCUT2D eigenvalue weighted by molar-refractivity contribution is -0.276. The monoisotopic (exact) mass is 775 g/mol. The number of aliphatic hydroxyl groups is 1. The van der Waals surface area contributed by atoms with Gasteiger partial charge in [-0.05, 0) is 95.2 Å². The summed E-state index contributed by atoms with van der Waals surface area (Å²) < 4.78 is 13.8. The number of carbonyl (C=O) groups excluding carboxylic acids is 1. The van der Waals surface area contributed by atoms with Crippen LogP contribution in [0.4, 0.5) is 4.79 Å². The fourth-order valence-corrected chi connectivity index (χ4v) is 11.0. The first kappa shape index (κ1) is 38.7. The Morgan fingerprint density at radius 3 is 1.86 bits per heavy atom. The number of amides is 2. The minimum Gasteiger partial charge on any atom is -0.392 e. The molecular weight excluding hydrogens is 719 g/mol. The van der Waals surface area contributed by atoms with Crippen molar-refractivity contribution >= 4 is 6.03 Å². The predicted molar refractivity (Wildman–Crippen MR) is 228 cm³/mol. The number of urea groups is 1. The van der Waals surface area contributed by atoms with Crippen LogP contribution >= 0.6 is 0 Å². The number of rotatable bonds is 13. The molecule has 1 saturated heterocycles. The lowest BCUT2D eigenvalue weighted by Crippen LogP contribution is -2.61. The molecule has 5 aromatic carbocycles. The average Bonchev–Trinajstić information content (AvgIpc) is 3.24. The van der Waals surface area contributed by atoms with Crippen LogP contribution in [0, 0.1) is 23.7 Å². The van der Waals surface area contributed by atoms with Gasteiger partial charge in [0.1, 0.15) is 0 Å². The molecule has 5 aromatic rings. The number of aliphatic hydroxyl groups excluding tert-OH is 1. The number of ether oxygens (including phenoxy) is 2. The van der Waals surface area contributed by atoms with Gasteiger partial charge in [-0.3, -0.25) is 4.90 Å². The van der Waals surface area contributed by atoms with E-state index in [0.717, 1.165) is 90.0 Å². The third-order valence-electron chi connectivity index (χ3n) is 13.4. The SMILES string of the molecule is C[C@@H]1[C@H](CN(Cc2ccccc2)Cc2ccccc2)O[C@H](c2ccc(-c3ccccc3CNC(=O)NC34CC5CC(CC(C5)C3)C4)cc2)O[C@@H]1c1ccc(CO)cc1. The van der Waals surface area contributed by atoms with Crippen molar-refractivity contribution in [3.05, 3.63) is 167 Å². The Morgan fingerprint density at radius 2 is 1.26 bits per heavy atom. The summed E-state index contributed by atoms with van der Waals surface area (Å²) in [7, 11) is 0.